The van der Waals surface area contributed by atoms with Crippen molar-refractivity contribution in [3.05, 3.63) is 0 Å². The van der Waals surface area contributed by atoms with Crippen LogP contribution in [0.1, 0.15) is 13.8 Å². The maximum absolute atomic E-state index is 8.93. The quantitative estimate of drug-likeness (QED) is 0.322. The maximum atomic E-state index is 8.93. The molecule has 3 nitrogen and oxygen atoms in total. The summed E-state index contributed by atoms with van der Waals surface area (Å²) in [6, 6.07) is 0. The van der Waals surface area contributed by atoms with E-state index in [9.17, 15) is 0 Å². The van der Waals surface area contributed by atoms with E-state index in [1.54, 1.807) is 6.92 Å². The van der Waals surface area contributed by atoms with Gasteiger partial charge in [-0.2, -0.15) is 0 Å². The van der Waals surface area contributed by atoms with Gasteiger partial charge < -0.3 is 15.0 Å². The van der Waals surface area contributed by atoms with Gasteiger partial charge in [0.2, 0.25) is 0 Å². The van der Waals surface area contributed by atoms with Gasteiger partial charge in [0, 0.05) is 5.97 Å². The van der Waals surface area contributed by atoms with Gasteiger partial charge in [0.25, 0.3) is 0 Å². The van der Waals surface area contributed by atoms with E-state index in [0.717, 1.165) is 6.92 Å². The minimum absolute atomic E-state index is 0. The van der Waals surface area contributed by atoms with Crippen molar-refractivity contribution in [3.8, 4) is 0 Å². The summed E-state index contributed by atoms with van der Waals surface area (Å²) in [5.74, 6) is -1.08. The average molecular weight is 150 g/mol. The van der Waals surface area contributed by atoms with Crippen LogP contribution in [0.5, 0.6) is 0 Å². The molecule has 0 saturated carbocycles. The van der Waals surface area contributed by atoms with E-state index in [1.807, 2.05) is 0 Å². The van der Waals surface area contributed by atoms with Crippen LogP contribution in [0.4, 0.5) is 0 Å². The second-order valence-corrected chi connectivity index (χ2v) is 0.780. The van der Waals surface area contributed by atoms with E-state index >= 15 is 0 Å². The molecule has 0 aliphatic carbocycles. The number of hydrogen-bond acceptors (Lipinski definition) is 3. The van der Waals surface area contributed by atoms with Crippen LogP contribution < -0.4 is 69.3 Å². The third-order valence-corrected chi connectivity index (χ3v) is 0. The number of carbonyl (C=O) groups is 1. The molecule has 0 aliphatic rings. The Labute approximate surface area is 99.4 Å². The maximum Gasteiger partial charge on any atom is 1.00 e. The fourth-order valence-electron chi connectivity index (χ4n) is 0. The van der Waals surface area contributed by atoms with Crippen molar-refractivity contribution in [1.82, 2.24) is 0 Å². The van der Waals surface area contributed by atoms with Gasteiger partial charge in [-0.05, 0) is 6.92 Å². The first-order chi connectivity index (χ1) is 3.15. The monoisotopic (exact) mass is 150 g/mol. The molecule has 0 atom stereocenters. The van der Waals surface area contributed by atoms with Crippen molar-refractivity contribution in [1.29, 1.82) is 0 Å². The predicted molar refractivity (Wildman–Crippen MR) is 21.2 cm³/mol. The summed E-state index contributed by atoms with van der Waals surface area (Å²) in [6.45, 7) is 2.54. The first-order valence-electron chi connectivity index (χ1n) is 1.90. The molecule has 9 heavy (non-hydrogen) atoms. The zero-order valence-electron chi connectivity index (χ0n) is 6.43. The molecule has 0 aromatic carbocycles. The number of carboxylic acids is 1. The Bertz CT molecular complexity index is 45.1. The molecule has 0 aromatic heterocycles. The summed E-state index contributed by atoms with van der Waals surface area (Å²) in [6.07, 6.45) is 0. The van der Waals surface area contributed by atoms with Crippen molar-refractivity contribution in [2.75, 3.05) is 6.61 Å². The van der Waals surface area contributed by atoms with Crippen molar-refractivity contribution < 1.29 is 74.1 Å². The molecule has 0 heterocycles. The fourth-order valence-corrected chi connectivity index (χ4v) is 0. The summed E-state index contributed by atoms with van der Waals surface area (Å²) in [7, 11) is 0. The second-order valence-electron chi connectivity index (χ2n) is 0.780. The Morgan fingerprint density at radius 2 is 1.44 bits per heavy atom. The van der Waals surface area contributed by atoms with Crippen molar-refractivity contribution in [2.24, 2.45) is 0 Å². The summed E-state index contributed by atoms with van der Waals surface area (Å²) in [5.41, 5.74) is 0. The molecule has 0 unspecified atom stereocenters. The van der Waals surface area contributed by atoms with Gasteiger partial charge in [0.05, 0.1) is 0 Å². The van der Waals surface area contributed by atoms with Gasteiger partial charge in [0.15, 0.2) is 0 Å². The van der Waals surface area contributed by atoms with Gasteiger partial charge in [-0.15, -0.1) is 6.61 Å². The van der Waals surface area contributed by atoms with Crippen LogP contribution in [0.2, 0.25) is 0 Å². The molecule has 0 aromatic rings. The normalized spacial score (nSPS) is 4.78. The molecular weight excluding hydrogens is 142 g/mol. The van der Waals surface area contributed by atoms with Gasteiger partial charge in [-0.1, -0.05) is 6.92 Å². The Kier molecular flexibility index (Phi) is 56.7. The van der Waals surface area contributed by atoms with Crippen LogP contribution >= 0.6 is 0 Å². The molecule has 0 N–H and O–H groups in total. The predicted octanol–water partition coefficient (Wildman–Crippen LogP) is -7.87. The molecule has 0 amide bonds. The van der Waals surface area contributed by atoms with Crippen LogP contribution in [-0.4, -0.2) is 12.6 Å². The molecule has 0 bridgehead atoms. The Hall–Kier alpha value is 1.43. The summed E-state index contributed by atoms with van der Waals surface area (Å²) >= 11 is 0. The molecular formula is C4H8Na2O3. The molecule has 44 valence electrons. The zero-order valence-corrected chi connectivity index (χ0v) is 10.4. The van der Waals surface area contributed by atoms with Crippen LogP contribution in [0.15, 0.2) is 0 Å². The van der Waals surface area contributed by atoms with Crippen LogP contribution in [-0.2, 0) is 4.79 Å². The number of rotatable bonds is 0. The van der Waals surface area contributed by atoms with E-state index in [0.29, 0.717) is 0 Å². The van der Waals surface area contributed by atoms with E-state index in [4.69, 9.17) is 15.0 Å². The smallest absolute Gasteiger partial charge is 0.855 e. The minimum atomic E-state index is -1.08. The van der Waals surface area contributed by atoms with E-state index in [1.165, 1.54) is 0 Å². The molecule has 0 spiro atoms. The summed E-state index contributed by atoms with van der Waals surface area (Å²) < 4.78 is 0. The Morgan fingerprint density at radius 1 is 1.44 bits per heavy atom. The molecule has 5 heteroatoms. The third-order valence-electron chi connectivity index (χ3n) is 0. The number of carbonyl (C=O) groups excluding carboxylic acids is 1. The van der Waals surface area contributed by atoms with Gasteiger partial charge in [-0.25, -0.2) is 0 Å². The number of hydrogen-bond donors (Lipinski definition) is 0. The van der Waals surface area contributed by atoms with E-state index in [-0.39, 0.29) is 65.7 Å². The van der Waals surface area contributed by atoms with Crippen LogP contribution in [0.25, 0.3) is 0 Å². The van der Waals surface area contributed by atoms with Crippen LogP contribution in [0, 0.1) is 0 Å². The molecule has 0 saturated heterocycles. The first kappa shape index (κ1) is 22.4. The van der Waals surface area contributed by atoms with Crippen LogP contribution in [0.3, 0.4) is 0 Å². The molecule has 0 radical (unpaired) electrons. The van der Waals surface area contributed by atoms with Gasteiger partial charge in [0.1, 0.15) is 0 Å². The van der Waals surface area contributed by atoms with E-state index < -0.39 is 5.97 Å². The topological polar surface area (TPSA) is 63.2 Å². The zero-order chi connectivity index (χ0) is 6.28. The number of aliphatic carboxylic acids is 1. The van der Waals surface area contributed by atoms with Crippen molar-refractivity contribution >= 4 is 5.97 Å². The third kappa shape index (κ3) is 255. The molecule has 0 fully saturated rings. The minimum Gasteiger partial charge on any atom is -0.855 e. The summed E-state index contributed by atoms with van der Waals surface area (Å²) in [5, 5.41) is 17.8. The Morgan fingerprint density at radius 3 is 1.44 bits per heavy atom. The van der Waals surface area contributed by atoms with Gasteiger partial charge >= 0.3 is 59.1 Å². The molecule has 0 aliphatic heterocycles. The van der Waals surface area contributed by atoms with Gasteiger partial charge in [-0.3, -0.25) is 0 Å². The van der Waals surface area contributed by atoms with Crippen molar-refractivity contribution in [3.63, 3.8) is 0 Å². The largest absolute Gasteiger partial charge is 1.00 e. The molecule has 0 rings (SSSR count). The van der Waals surface area contributed by atoms with E-state index in [2.05, 4.69) is 0 Å². The number of carboxylic acid groups (broad SMARTS) is 1. The fraction of sp³-hybridized carbons (Fsp3) is 0.750. The second kappa shape index (κ2) is 22.7. The SMILES string of the molecule is CC(=O)[O-].CC[O-].[Na+].[Na+]. The van der Waals surface area contributed by atoms with Crippen molar-refractivity contribution in [2.45, 2.75) is 13.8 Å². The standard InChI is InChI=1S/C2H4O2.C2H5O.2Na/c1-2(3)4;1-2-3;;/h1H3,(H,3,4);2H2,1H3;;/q;-1;2*+1/p-1. The summed E-state index contributed by atoms with van der Waals surface area (Å²) in [4.78, 5) is 8.89. The Balaban J connectivity index is -0.0000000233. The average Bonchev–Trinajstić information content (AvgIpc) is 1.33. The first-order valence-corrected chi connectivity index (χ1v) is 1.90.